The average Bonchev–Trinajstić information content (AvgIpc) is 2.37. The maximum Gasteiger partial charge on any atom is -0.0354 e. The molecule has 0 radical (unpaired) electrons. The van der Waals surface area contributed by atoms with Crippen molar-refractivity contribution in [3.8, 4) is 0 Å². The Morgan fingerprint density at radius 1 is 0.450 bits per heavy atom. The fourth-order valence-electron chi connectivity index (χ4n) is 4.91. The van der Waals surface area contributed by atoms with Crippen LogP contribution in [0.2, 0.25) is 0 Å². The molecular weight excluding hydrogens is 240 g/mol. The van der Waals surface area contributed by atoms with Gasteiger partial charge in [0.25, 0.3) is 0 Å². The number of hydrogen-bond acceptors (Lipinski definition) is 0. The predicted molar refractivity (Wildman–Crippen MR) is 89.8 cm³/mol. The molecule has 0 amide bonds. The molecule has 0 unspecified atom stereocenters. The fraction of sp³-hybridized carbons (Fsp3) is 1.00. The SMILES string of the molecule is CC(C)(C)C1CCC(C2CCC(C(C)(C)C)CC2)CC1. The van der Waals surface area contributed by atoms with Gasteiger partial charge in [-0.15, -0.1) is 0 Å². The standard InChI is InChI=1S/C20H38/c1-19(2,3)17-11-7-15(8-12-17)16-9-13-18(14-10-16)20(4,5)6/h15-18H,7-14H2,1-6H3. The van der Waals surface area contributed by atoms with Crippen LogP contribution in [0.3, 0.4) is 0 Å². The normalized spacial score (nSPS) is 36.9. The molecule has 20 heavy (non-hydrogen) atoms. The Balaban J connectivity index is 1.79. The fourth-order valence-corrected chi connectivity index (χ4v) is 4.91. The molecule has 0 heteroatoms. The van der Waals surface area contributed by atoms with E-state index >= 15 is 0 Å². The zero-order valence-corrected chi connectivity index (χ0v) is 15.0. The first-order chi connectivity index (χ1) is 9.18. The number of hydrogen-bond donors (Lipinski definition) is 0. The van der Waals surface area contributed by atoms with Gasteiger partial charge in [0.05, 0.1) is 0 Å². The van der Waals surface area contributed by atoms with Crippen molar-refractivity contribution in [2.24, 2.45) is 34.5 Å². The monoisotopic (exact) mass is 278 g/mol. The largest absolute Gasteiger partial charge is 0.0599 e. The summed E-state index contributed by atoms with van der Waals surface area (Å²) >= 11 is 0. The minimum absolute atomic E-state index is 0.537. The van der Waals surface area contributed by atoms with Crippen molar-refractivity contribution in [2.75, 3.05) is 0 Å². The van der Waals surface area contributed by atoms with Crippen molar-refractivity contribution in [1.82, 2.24) is 0 Å². The summed E-state index contributed by atoms with van der Waals surface area (Å²) in [6.45, 7) is 14.6. The first-order valence-electron chi connectivity index (χ1n) is 9.18. The van der Waals surface area contributed by atoms with E-state index in [0.29, 0.717) is 10.8 Å². The van der Waals surface area contributed by atoms with E-state index in [1.807, 2.05) is 0 Å². The summed E-state index contributed by atoms with van der Waals surface area (Å²) in [5, 5.41) is 0. The molecule has 118 valence electrons. The van der Waals surface area contributed by atoms with Crippen molar-refractivity contribution in [2.45, 2.75) is 92.9 Å². The molecule has 0 heterocycles. The van der Waals surface area contributed by atoms with Crippen LogP contribution >= 0.6 is 0 Å². The summed E-state index contributed by atoms with van der Waals surface area (Å²) in [6, 6.07) is 0. The maximum absolute atomic E-state index is 2.44. The maximum atomic E-state index is 2.44. The van der Waals surface area contributed by atoms with Crippen molar-refractivity contribution in [3.05, 3.63) is 0 Å². The van der Waals surface area contributed by atoms with E-state index < -0.39 is 0 Å². The highest BCUT2D eigenvalue weighted by Gasteiger charge is 2.36. The Labute approximate surface area is 128 Å². The van der Waals surface area contributed by atoms with E-state index in [4.69, 9.17) is 0 Å². The van der Waals surface area contributed by atoms with Crippen LogP contribution in [-0.4, -0.2) is 0 Å². The van der Waals surface area contributed by atoms with Gasteiger partial charge in [-0.2, -0.15) is 0 Å². The highest BCUT2D eigenvalue weighted by Crippen LogP contribution is 2.47. The van der Waals surface area contributed by atoms with Gasteiger partial charge >= 0.3 is 0 Å². The minimum Gasteiger partial charge on any atom is -0.0599 e. The second-order valence-electron chi connectivity index (χ2n) is 9.96. The molecule has 0 aliphatic heterocycles. The lowest BCUT2D eigenvalue weighted by Crippen LogP contribution is -2.32. The molecule has 0 spiro atoms. The first kappa shape index (κ1) is 16.4. The van der Waals surface area contributed by atoms with E-state index in [0.717, 1.165) is 23.7 Å². The van der Waals surface area contributed by atoms with Gasteiger partial charge < -0.3 is 0 Å². The van der Waals surface area contributed by atoms with Crippen LogP contribution in [0, 0.1) is 34.5 Å². The Bertz CT molecular complexity index is 253. The van der Waals surface area contributed by atoms with Crippen LogP contribution < -0.4 is 0 Å². The molecular formula is C20H38. The Kier molecular flexibility index (Phi) is 4.92. The Hall–Kier alpha value is 0. The molecule has 0 atom stereocenters. The highest BCUT2D eigenvalue weighted by molar-refractivity contribution is 4.87. The quantitative estimate of drug-likeness (QED) is 0.501. The lowest BCUT2D eigenvalue weighted by atomic mass is 9.62. The Morgan fingerprint density at radius 2 is 0.700 bits per heavy atom. The van der Waals surface area contributed by atoms with Gasteiger partial charge in [0, 0.05) is 0 Å². The summed E-state index contributed by atoms with van der Waals surface area (Å²) in [5.74, 6) is 4.08. The third-order valence-corrected chi connectivity index (χ3v) is 6.66. The van der Waals surface area contributed by atoms with Crippen LogP contribution in [0.4, 0.5) is 0 Å². The van der Waals surface area contributed by atoms with Gasteiger partial charge in [0.2, 0.25) is 0 Å². The smallest absolute Gasteiger partial charge is 0.0354 e. The van der Waals surface area contributed by atoms with E-state index in [2.05, 4.69) is 41.5 Å². The van der Waals surface area contributed by atoms with Crippen LogP contribution in [0.25, 0.3) is 0 Å². The van der Waals surface area contributed by atoms with Gasteiger partial charge in [-0.25, -0.2) is 0 Å². The molecule has 2 aliphatic rings. The summed E-state index contributed by atoms with van der Waals surface area (Å²) in [5.41, 5.74) is 1.07. The molecule has 2 saturated carbocycles. The van der Waals surface area contributed by atoms with Crippen LogP contribution in [0.5, 0.6) is 0 Å². The van der Waals surface area contributed by atoms with Gasteiger partial charge in [-0.1, -0.05) is 41.5 Å². The third-order valence-electron chi connectivity index (χ3n) is 6.66. The second-order valence-corrected chi connectivity index (χ2v) is 9.96. The zero-order valence-electron chi connectivity index (χ0n) is 15.0. The highest BCUT2D eigenvalue weighted by atomic mass is 14.4. The summed E-state index contributed by atoms with van der Waals surface area (Å²) < 4.78 is 0. The third kappa shape index (κ3) is 4.01. The van der Waals surface area contributed by atoms with Crippen molar-refractivity contribution in [3.63, 3.8) is 0 Å². The van der Waals surface area contributed by atoms with E-state index in [1.165, 1.54) is 51.4 Å². The van der Waals surface area contributed by atoms with Crippen molar-refractivity contribution >= 4 is 0 Å². The van der Waals surface area contributed by atoms with Crippen molar-refractivity contribution in [1.29, 1.82) is 0 Å². The summed E-state index contributed by atoms with van der Waals surface area (Å²) in [7, 11) is 0. The predicted octanol–water partition coefficient (Wildman–Crippen LogP) is 6.69. The first-order valence-corrected chi connectivity index (χ1v) is 9.18. The van der Waals surface area contributed by atoms with Gasteiger partial charge in [0.15, 0.2) is 0 Å². The molecule has 2 aliphatic carbocycles. The van der Waals surface area contributed by atoms with Gasteiger partial charge in [-0.05, 0) is 85.9 Å². The zero-order chi connectivity index (χ0) is 15.0. The molecule has 0 aromatic carbocycles. The van der Waals surface area contributed by atoms with Gasteiger partial charge in [0.1, 0.15) is 0 Å². The summed E-state index contributed by atoms with van der Waals surface area (Å²) in [4.78, 5) is 0. The molecule has 0 aromatic heterocycles. The minimum atomic E-state index is 0.537. The molecule has 0 N–H and O–H groups in total. The molecule has 0 saturated heterocycles. The lowest BCUT2D eigenvalue weighted by Gasteiger charge is -2.43. The Morgan fingerprint density at radius 3 is 0.900 bits per heavy atom. The van der Waals surface area contributed by atoms with E-state index in [1.54, 1.807) is 0 Å². The van der Waals surface area contributed by atoms with E-state index in [9.17, 15) is 0 Å². The van der Waals surface area contributed by atoms with E-state index in [-0.39, 0.29) is 0 Å². The molecule has 2 fully saturated rings. The van der Waals surface area contributed by atoms with Crippen LogP contribution in [0.15, 0.2) is 0 Å². The molecule has 0 aromatic rings. The molecule has 0 bridgehead atoms. The van der Waals surface area contributed by atoms with Crippen molar-refractivity contribution < 1.29 is 0 Å². The van der Waals surface area contributed by atoms with Crippen LogP contribution in [-0.2, 0) is 0 Å². The molecule has 0 nitrogen and oxygen atoms in total. The topological polar surface area (TPSA) is 0 Å². The number of rotatable bonds is 1. The second kappa shape index (κ2) is 6.01. The van der Waals surface area contributed by atoms with Gasteiger partial charge in [-0.3, -0.25) is 0 Å². The molecule has 2 rings (SSSR count). The average molecular weight is 279 g/mol. The lowest BCUT2D eigenvalue weighted by molar-refractivity contribution is 0.0797. The summed E-state index contributed by atoms with van der Waals surface area (Å²) in [6.07, 6.45) is 12.1. The van der Waals surface area contributed by atoms with Crippen LogP contribution in [0.1, 0.15) is 92.9 Å².